The molecule has 0 radical (unpaired) electrons. The highest BCUT2D eigenvalue weighted by Gasteiger charge is 2.39. The molecular formula is C74H54N2Si. The van der Waals surface area contributed by atoms with E-state index in [1.54, 1.807) is 0 Å². The highest BCUT2D eigenvalue weighted by atomic mass is 28.3. The largest absolute Gasteiger partial charge is 0.309 e. The summed E-state index contributed by atoms with van der Waals surface area (Å²) in [6.45, 7) is 0. The Kier molecular flexibility index (Phi) is 11.7. The van der Waals surface area contributed by atoms with Gasteiger partial charge < -0.3 is 9.13 Å². The van der Waals surface area contributed by atoms with Crippen molar-refractivity contribution in [2.24, 2.45) is 0 Å². The highest BCUT2D eigenvalue weighted by Crippen LogP contribution is 2.46. The van der Waals surface area contributed by atoms with Crippen LogP contribution in [0.25, 0.3) is 99.5 Å². The molecule has 0 aliphatic carbocycles. The van der Waals surface area contributed by atoms with E-state index in [9.17, 15) is 0 Å². The van der Waals surface area contributed by atoms with E-state index in [1.165, 1.54) is 98.2 Å². The summed E-state index contributed by atoms with van der Waals surface area (Å²) >= 11 is 0. The van der Waals surface area contributed by atoms with Gasteiger partial charge in [0.05, 0.1) is 27.8 Å². The monoisotopic (exact) mass is 998 g/mol. The van der Waals surface area contributed by atoms with E-state index in [4.69, 9.17) is 0 Å². The van der Waals surface area contributed by atoms with Gasteiger partial charge in [-0.2, -0.15) is 0 Å². The molecule has 12 aromatic carbocycles. The van der Waals surface area contributed by atoms with E-state index in [2.05, 4.69) is 312 Å². The Labute approximate surface area is 451 Å². The van der Waals surface area contributed by atoms with E-state index in [-0.39, 0.29) is 0 Å². The van der Waals surface area contributed by atoms with Crippen molar-refractivity contribution in [2.75, 3.05) is 0 Å². The minimum absolute atomic E-state index is 0.931. The molecule has 0 aliphatic heterocycles. The normalized spacial score (nSPS) is 11.7. The molecule has 2 heterocycles. The lowest BCUT2D eigenvalue weighted by molar-refractivity contribution is 1.12. The maximum Gasteiger partial charge on any atom is 0.148 e. The number of aryl methyl sites for hydroxylation is 1. The summed E-state index contributed by atoms with van der Waals surface area (Å²) in [5, 5.41) is 9.35. The Morgan fingerprint density at radius 3 is 1.35 bits per heavy atom. The van der Waals surface area contributed by atoms with Crippen LogP contribution in [0.2, 0.25) is 6.04 Å². The van der Waals surface area contributed by atoms with Gasteiger partial charge >= 0.3 is 0 Å². The van der Waals surface area contributed by atoms with Crippen LogP contribution < -0.4 is 15.6 Å². The molecule has 0 saturated carbocycles. The van der Waals surface area contributed by atoms with Gasteiger partial charge in [0.1, 0.15) is 8.07 Å². The van der Waals surface area contributed by atoms with Gasteiger partial charge in [-0.25, -0.2) is 0 Å². The maximum atomic E-state index is 2.56. The maximum absolute atomic E-state index is 2.56. The number of nitrogens with zero attached hydrogens (tertiary/aromatic N) is 2. The number of para-hydroxylation sites is 2. The van der Waals surface area contributed by atoms with Gasteiger partial charge in [0.2, 0.25) is 0 Å². The topological polar surface area (TPSA) is 9.86 Å². The molecule has 0 spiro atoms. The molecular weight excluding hydrogens is 945 g/mol. The molecule has 77 heavy (non-hydrogen) atoms. The third-order valence-electron chi connectivity index (χ3n) is 16.1. The predicted octanol–water partition coefficient (Wildman–Crippen LogP) is 17.3. The van der Waals surface area contributed by atoms with Gasteiger partial charge in [0.15, 0.2) is 0 Å². The first-order valence-electron chi connectivity index (χ1n) is 26.9. The molecule has 364 valence electrons. The molecule has 0 fully saturated rings. The fourth-order valence-electron chi connectivity index (χ4n) is 12.7. The summed E-state index contributed by atoms with van der Waals surface area (Å²) in [5.41, 5.74) is 17.9. The molecule has 0 aliphatic rings. The number of rotatable bonds is 12. The van der Waals surface area contributed by atoms with Crippen molar-refractivity contribution in [3.8, 4) is 55.9 Å². The summed E-state index contributed by atoms with van der Waals surface area (Å²) in [5.74, 6) is 0. The highest BCUT2D eigenvalue weighted by molar-refractivity contribution is 7.11. The second kappa shape index (κ2) is 19.6. The molecule has 14 aromatic rings. The quantitative estimate of drug-likeness (QED) is 0.0853. The van der Waals surface area contributed by atoms with Gasteiger partial charge in [-0.15, -0.1) is 0 Å². The van der Waals surface area contributed by atoms with Crippen LogP contribution >= 0.6 is 0 Å². The van der Waals surface area contributed by atoms with Crippen molar-refractivity contribution < 1.29 is 0 Å². The van der Waals surface area contributed by atoms with Crippen LogP contribution in [0.3, 0.4) is 0 Å². The SMILES string of the molecule is c1ccc(-c2cccc(-c3cccc(-c4ccccc4)c3-n3c4ccc(-n5c6ccccc6c6c(CC[Si](c7ccccc7)(c7ccccc7)c7ccccc7)cccc65)cc4c4c(-c5ccccc5)cccc43)c2)cc1. The van der Waals surface area contributed by atoms with Crippen LogP contribution in [-0.4, -0.2) is 17.2 Å². The van der Waals surface area contributed by atoms with Crippen LogP contribution in [-0.2, 0) is 6.42 Å². The van der Waals surface area contributed by atoms with Gasteiger partial charge in [-0.3, -0.25) is 0 Å². The Bertz CT molecular complexity index is 4310. The number of fused-ring (bicyclic) bond motifs is 6. The Hall–Kier alpha value is -9.54. The van der Waals surface area contributed by atoms with E-state index in [0.29, 0.717) is 0 Å². The lowest BCUT2D eigenvalue weighted by atomic mass is 9.93. The molecule has 0 N–H and O–H groups in total. The number of hydrogen-bond donors (Lipinski definition) is 0. The number of benzene rings is 12. The molecule has 0 saturated heterocycles. The fraction of sp³-hybridized carbons (Fsp3) is 0.0270. The zero-order chi connectivity index (χ0) is 51.1. The van der Waals surface area contributed by atoms with Crippen molar-refractivity contribution in [1.29, 1.82) is 0 Å². The molecule has 2 nitrogen and oxygen atoms in total. The second-order valence-electron chi connectivity index (χ2n) is 20.3. The number of hydrogen-bond acceptors (Lipinski definition) is 0. The van der Waals surface area contributed by atoms with Crippen molar-refractivity contribution in [3.63, 3.8) is 0 Å². The average molecular weight is 999 g/mol. The molecule has 0 amide bonds. The molecule has 2 aromatic heterocycles. The predicted molar refractivity (Wildman–Crippen MR) is 329 cm³/mol. The zero-order valence-corrected chi connectivity index (χ0v) is 43.7. The molecule has 0 bridgehead atoms. The van der Waals surface area contributed by atoms with Gasteiger partial charge in [0.25, 0.3) is 0 Å². The molecule has 3 heteroatoms. The molecule has 14 rings (SSSR count). The summed E-state index contributed by atoms with van der Waals surface area (Å²) in [7, 11) is -2.51. The van der Waals surface area contributed by atoms with E-state index in [0.717, 1.165) is 34.9 Å². The van der Waals surface area contributed by atoms with Crippen LogP contribution in [0.5, 0.6) is 0 Å². The first-order chi connectivity index (χ1) is 38.2. The van der Waals surface area contributed by atoms with Crippen LogP contribution in [0.4, 0.5) is 0 Å². The summed E-state index contributed by atoms with van der Waals surface area (Å²) in [4.78, 5) is 0. The summed E-state index contributed by atoms with van der Waals surface area (Å²) in [6, 6.07) is 114. The smallest absolute Gasteiger partial charge is 0.148 e. The Morgan fingerprint density at radius 2 is 0.714 bits per heavy atom. The van der Waals surface area contributed by atoms with Gasteiger partial charge in [0, 0.05) is 38.4 Å². The lowest BCUT2D eigenvalue weighted by Crippen LogP contribution is -2.67. The van der Waals surface area contributed by atoms with E-state index >= 15 is 0 Å². The van der Waals surface area contributed by atoms with Crippen molar-refractivity contribution in [3.05, 3.63) is 309 Å². The summed E-state index contributed by atoms with van der Waals surface area (Å²) < 4.78 is 5.08. The molecule has 0 unspecified atom stereocenters. The van der Waals surface area contributed by atoms with Crippen molar-refractivity contribution in [2.45, 2.75) is 12.5 Å². The van der Waals surface area contributed by atoms with Gasteiger partial charge in [-0.1, -0.05) is 261 Å². The molecule has 0 atom stereocenters. The van der Waals surface area contributed by atoms with E-state index in [1.807, 2.05) is 0 Å². The minimum atomic E-state index is -2.51. The first-order valence-corrected chi connectivity index (χ1v) is 29.1. The average Bonchev–Trinajstić information content (AvgIpc) is 4.18. The van der Waals surface area contributed by atoms with Crippen LogP contribution in [0.1, 0.15) is 5.56 Å². The third kappa shape index (κ3) is 7.94. The Morgan fingerprint density at radius 1 is 0.273 bits per heavy atom. The van der Waals surface area contributed by atoms with E-state index < -0.39 is 8.07 Å². The minimum Gasteiger partial charge on any atom is -0.309 e. The zero-order valence-electron chi connectivity index (χ0n) is 42.7. The van der Waals surface area contributed by atoms with Crippen molar-refractivity contribution in [1.82, 2.24) is 9.13 Å². The van der Waals surface area contributed by atoms with Crippen LogP contribution in [0, 0.1) is 0 Å². The first kappa shape index (κ1) is 46.0. The standard InChI is InChI=1S/C74H54N2Si/c1-7-25-53(26-8-1)57-32-21-33-58(51-57)65-43-23-42-64(55-29-11-3-12-30-55)74(65)76-69-48-47-59(52-67(69)73-63(41-24-46-71(73)76)54-27-9-2-10-28-54)75-68-44-20-19-40-66(68)72-56(31-22-45-70(72)75)49-50-77(60-34-13-4-14-35-60,61-36-15-5-16-37-61)62-38-17-6-18-39-62/h1-48,51-52H,49-50H2. The second-order valence-corrected chi connectivity index (χ2v) is 24.3. The van der Waals surface area contributed by atoms with Crippen molar-refractivity contribution >= 4 is 67.2 Å². The van der Waals surface area contributed by atoms with Gasteiger partial charge in [-0.05, 0) is 109 Å². The number of aromatic nitrogens is 2. The Balaban J connectivity index is 0.995. The van der Waals surface area contributed by atoms with Crippen LogP contribution in [0.15, 0.2) is 303 Å². The fourth-order valence-corrected chi connectivity index (χ4v) is 17.5. The lowest BCUT2D eigenvalue weighted by Gasteiger charge is -2.34. The third-order valence-corrected chi connectivity index (χ3v) is 21.1. The summed E-state index contributed by atoms with van der Waals surface area (Å²) in [6.07, 6.45) is 0.931.